The summed E-state index contributed by atoms with van der Waals surface area (Å²) < 4.78 is 12.3. The highest BCUT2D eigenvalue weighted by Crippen LogP contribution is 2.76. The largest absolute Gasteiger partial charge is 0.458 e. The fourth-order valence-electron chi connectivity index (χ4n) is 8.70. The van der Waals surface area contributed by atoms with Gasteiger partial charge in [0.15, 0.2) is 6.10 Å². The van der Waals surface area contributed by atoms with Crippen molar-refractivity contribution in [2.45, 2.75) is 69.9 Å². The van der Waals surface area contributed by atoms with E-state index in [-0.39, 0.29) is 37.3 Å². The predicted molar refractivity (Wildman–Crippen MR) is 156 cm³/mol. The van der Waals surface area contributed by atoms with Crippen molar-refractivity contribution >= 4 is 11.9 Å². The molecule has 3 N–H and O–H groups in total. The van der Waals surface area contributed by atoms with Gasteiger partial charge in [0.2, 0.25) is 0 Å². The van der Waals surface area contributed by atoms with Gasteiger partial charge in [0.25, 0.3) is 0 Å². The van der Waals surface area contributed by atoms with E-state index in [4.69, 9.17) is 9.47 Å². The summed E-state index contributed by atoms with van der Waals surface area (Å²) >= 11 is 0. The zero-order valence-electron chi connectivity index (χ0n) is 24.6. The third-order valence-electron chi connectivity index (χ3n) is 10.8. The summed E-state index contributed by atoms with van der Waals surface area (Å²) in [5.74, 6) is -2.76. The Morgan fingerprint density at radius 2 is 1.62 bits per heavy atom. The van der Waals surface area contributed by atoms with Gasteiger partial charge in [0, 0.05) is 29.6 Å². The average Bonchev–Trinajstić information content (AvgIpc) is 3.35. The van der Waals surface area contributed by atoms with Crippen LogP contribution in [0.15, 0.2) is 84.0 Å². The number of carbonyl (C=O) groups excluding carboxylic acids is 2. The minimum atomic E-state index is -1.66. The molecule has 222 valence electrons. The van der Waals surface area contributed by atoms with Crippen LogP contribution in [-0.2, 0) is 20.7 Å². The molecule has 8 atom stereocenters. The maximum absolute atomic E-state index is 13.2. The molecule has 0 radical (unpaired) electrons. The second-order valence-electron chi connectivity index (χ2n) is 13.4. The van der Waals surface area contributed by atoms with Crippen molar-refractivity contribution in [2.75, 3.05) is 6.61 Å². The molecule has 4 aliphatic carbocycles. The topological polar surface area (TPSA) is 113 Å². The van der Waals surface area contributed by atoms with Gasteiger partial charge in [-0.3, -0.25) is 4.79 Å². The van der Waals surface area contributed by atoms with Crippen molar-refractivity contribution < 1.29 is 34.4 Å². The molecule has 0 heterocycles. The lowest BCUT2D eigenvalue weighted by atomic mass is 9.60. The molecule has 7 heteroatoms. The standard InChI is InChI=1S/C35H40O7/c1-21-15-27-33(39,30(21)41-31(38)25-13-9-6-10-14-25)19-24(20-36)16-26-29-32(3,4)34(29,18-22(2)35(26,27)40)42-28(37)17-23-11-7-5-8-12-23/h5-16,22,26-27,29-30,36,39-40H,17-20H2,1-4H3/t22-,26+,27-,29-,30-,33-,34+,35-/m1/s1. The Labute approximate surface area is 246 Å². The molecule has 2 aromatic carbocycles. The van der Waals surface area contributed by atoms with E-state index in [0.717, 1.165) is 5.56 Å². The number of rotatable bonds is 6. The maximum atomic E-state index is 13.2. The summed E-state index contributed by atoms with van der Waals surface area (Å²) in [5.41, 5.74) is -1.87. The van der Waals surface area contributed by atoms with Crippen LogP contribution in [0.5, 0.6) is 0 Å². The van der Waals surface area contributed by atoms with E-state index >= 15 is 0 Å². The van der Waals surface area contributed by atoms with E-state index in [1.165, 1.54) is 0 Å². The molecule has 6 rings (SSSR count). The zero-order valence-corrected chi connectivity index (χ0v) is 24.6. The van der Waals surface area contributed by atoms with Crippen molar-refractivity contribution in [3.63, 3.8) is 0 Å². The van der Waals surface area contributed by atoms with Crippen LogP contribution in [0.1, 0.15) is 56.5 Å². The first-order valence-electron chi connectivity index (χ1n) is 14.8. The molecule has 0 spiro atoms. The van der Waals surface area contributed by atoms with E-state index in [1.54, 1.807) is 31.2 Å². The van der Waals surface area contributed by atoms with Crippen molar-refractivity contribution in [1.29, 1.82) is 0 Å². The number of ether oxygens (including phenoxy) is 2. The number of carbonyl (C=O) groups is 2. The first-order valence-corrected chi connectivity index (χ1v) is 14.8. The fourth-order valence-corrected chi connectivity index (χ4v) is 8.70. The third kappa shape index (κ3) is 4.12. The molecule has 42 heavy (non-hydrogen) atoms. The van der Waals surface area contributed by atoms with E-state index in [1.807, 2.05) is 55.5 Å². The number of benzene rings is 2. The highest BCUT2D eigenvalue weighted by Gasteiger charge is 2.83. The number of fused-ring (bicyclic) bond motifs is 5. The van der Waals surface area contributed by atoms with E-state index in [0.29, 0.717) is 23.1 Å². The van der Waals surface area contributed by atoms with Crippen LogP contribution in [0.4, 0.5) is 0 Å². The monoisotopic (exact) mass is 572 g/mol. The van der Waals surface area contributed by atoms with E-state index in [2.05, 4.69) is 13.8 Å². The minimum absolute atomic E-state index is 0.0359. The smallest absolute Gasteiger partial charge is 0.338 e. The Morgan fingerprint density at radius 1 is 0.976 bits per heavy atom. The van der Waals surface area contributed by atoms with E-state index < -0.39 is 46.1 Å². The molecule has 2 aromatic rings. The Hall–Kier alpha value is -3.26. The zero-order chi connectivity index (χ0) is 30.1. The normalized spacial score (nSPS) is 37.6. The lowest BCUT2D eigenvalue weighted by Gasteiger charge is -2.51. The third-order valence-corrected chi connectivity index (χ3v) is 10.8. The molecule has 0 aliphatic heterocycles. The van der Waals surface area contributed by atoms with Crippen molar-refractivity contribution in [3.05, 3.63) is 95.1 Å². The molecule has 0 unspecified atom stereocenters. The molecular formula is C35H40O7. The fraction of sp³-hybridized carbons (Fsp3) is 0.486. The van der Waals surface area contributed by atoms with E-state index in [9.17, 15) is 24.9 Å². The van der Waals surface area contributed by atoms with Gasteiger partial charge in [-0.1, -0.05) is 81.5 Å². The number of aliphatic hydroxyl groups is 3. The molecule has 0 saturated heterocycles. The van der Waals surface area contributed by atoms with Crippen LogP contribution in [0.25, 0.3) is 0 Å². The van der Waals surface area contributed by atoms with Crippen LogP contribution in [0.2, 0.25) is 0 Å². The lowest BCUT2D eigenvalue weighted by Crippen LogP contribution is -2.62. The summed E-state index contributed by atoms with van der Waals surface area (Å²) in [5, 5.41) is 35.6. The van der Waals surface area contributed by atoms with Gasteiger partial charge in [-0.2, -0.15) is 0 Å². The first-order chi connectivity index (χ1) is 19.9. The van der Waals surface area contributed by atoms with Crippen molar-refractivity contribution in [1.82, 2.24) is 0 Å². The molecule has 7 nitrogen and oxygen atoms in total. The van der Waals surface area contributed by atoms with Crippen LogP contribution in [0, 0.1) is 29.1 Å². The first kappa shape index (κ1) is 28.8. The summed E-state index contributed by atoms with van der Waals surface area (Å²) in [6, 6.07) is 18.1. The van der Waals surface area contributed by atoms with Gasteiger partial charge in [0.1, 0.15) is 11.2 Å². The Morgan fingerprint density at radius 3 is 2.26 bits per heavy atom. The van der Waals surface area contributed by atoms with Gasteiger partial charge < -0.3 is 24.8 Å². The van der Waals surface area contributed by atoms with Crippen LogP contribution in [0.3, 0.4) is 0 Å². The number of hydrogen-bond acceptors (Lipinski definition) is 7. The lowest BCUT2D eigenvalue weighted by molar-refractivity contribution is -0.196. The van der Waals surface area contributed by atoms with Crippen LogP contribution >= 0.6 is 0 Å². The Kier molecular flexibility index (Phi) is 6.80. The average molecular weight is 573 g/mol. The number of esters is 2. The van der Waals surface area contributed by atoms with Crippen LogP contribution < -0.4 is 0 Å². The SMILES string of the molecule is CC1=C[C@@H]2[C@](O)(CC(CO)=C[C@H]3[C@@H]4C(C)(C)[C@]4(OC(=O)Cc4ccccc4)C[C@@H](C)[C@]23O)[C@@H]1OC(=O)c1ccccc1. The molecule has 0 amide bonds. The summed E-state index contributed by atoms with van der Waals surface area (Å²) in [6.07, 6.45) is 3.37. The molecule has 2 fully saturated rings. The van der Waals surface area contributed by atoms with Gasteiger partial charge in [-0.15, -0.1) is 0 Å². The maximum Gasteiger partial charge on any atom is 0.338 e. The second kappa shape index (κ2) is 9.90. The Bertz CT molecular complexity index is 1450. The highest BCUT2D eigenvalue weighted by atomic mass is 16.6. The predicted octanol–water partition coefficient (Wildman–Crippen LogP) is 4.41. The van der Waals surface area contributed by atoms with Crippen LogP contribution in [-0.4, -0.2) is 56.8 Å². The molecule has 0 bridgehead atoms. The van der Waals surface area contributed by atoms with Gasteiger partial charge in [0.05, 0.1) is 24.2 Å². The van der Waals surface area contributed by atoms with Crippen molar-refractivity contribution in [2.24, 2.45) is 29.1 Å². The van der Waals surface area contributed by atoms with Gasteiger partial charge in [-0.05, 0) is 48.1 Å². The quantitative estimate of drug-likeness (QED) is 0.347. The summed E-state index contributed by atoms with van der Waals surface area (Å²) in [6.45, 7) is 7.56. The number of hydrogen-bond donors (Lipinski definition) is 3. The number of aliphatic hydroxyl groups excluding tert-OH is 1. The second-order valence-corrected chi connectivity index (χ2v) is 13.4. The highest BCUT2D eigenvalue weighted by molar-refractivity contribution is 5.89. The Balaban J connectivity index is 1.34. The molecule has 0 aromatic heterocycles. The summed E-state index contributed by atoms with van der Waals surface area (Å²) in [7, 11) is 0. The molecular weight excluding hydrogens is 532 g/mol. The van der Waals surface area contributed by atoms with Gasteiger partial charge in [-0.25, -0.2) is 4.79 Å². The molecule has 4 aliphatic rings. The minimum Gasteiger partial charge on any atom is -0.458 e. The van der Waals surface area contributed by atoms with Crippen molar-refractivity contribution in [3.8, 4) is 0 Å². The molecule has 2 saturated carbocycles. The van der Waals surface area contributed by atoms with Gasteiger partial charge >= 0.3 is 11.9 Å². The summed E-state index contributed by atoms with van der Waals surface area (Å²) in [4.78, 5) is 26.3.